The van der Waals surface area contributed by atoms with E-state index < -0.39 is 0 Å². The molecule has 2 aromatic rings. The van der Waals surface area contributed by atoms with Crippen LogP contribution in [0.1, 0.15) is 6.92 Å². The molecule has 2 rings (SSSR count). The molecule has 1 radical (unpaired) electrons. The van der Waals surface area contributed by atoms with Gasteiger partial charge in [-0.05, 0) is 0 Å². The molecular weight excluding hydrogens is 247 g/mol. The van der Waals surface area contributed by atoms with Gasteiger partial charge in [0, 0.05) is 32.7 Å². The average Bonchev–Trinajstić information content (AvgIpc) is 2.18. The number of benzene rings is 2. The molecule has 0 aromatic heterocycles. The summed E-state index contributed by atoms with van der Waals surface area (Å²) < 4.78 is 0. The predicted octanol–water partition coefficient (Wildman–Crippen LogP) is 3.24. The number of hydrogen-bond acceptors (Lipinski definition) is 1. The summed E-state index contributed by atoms with van der Waals surface area (Å²) in [6.45, 7) is 1.78. The van der Waals surface area contributed by atoms with Gasteiger partial charge in [-0.15, -0.1) is 24.4 Å². The average molecular weight is 256 g/mol. The molecule has 2 heteroatoms. The van der Waals surface area contributed by atoms with Crippen molar-refractivity contribution in [2.24, 2.45) is 4.99 Å². The van der Waals surface area contributed by atoms with E-state index in [1.54, 1.807) is 6.92 Å². The summed E-state index contributed by atoms with van der Waals surface area (Å²) in [5.41, 5.74) is 0.834. The van der Waals surface area contributed by atoms with Crippen LogP contribution in [0.25, 0.3) is 10.8 Å². The summed E-state index contributed by atoms with van der Waals surface area (Å²) in [6.07, 6.45) is 2.74. The van der Waals surface area contributed by atoms with Crippen LogP contribution < -0.4 is 0 Å². The molecule has 0 unspecified atom stereocenters. The maximum Gasteiger partial charge on any atom is 0 e. The maximum atomic E-state index is 4.05. The van der Waals surface area contributed by atoms with Gasteiger partial charge in [0.2, 0.25) is 0 Å². The Hall–Kier alpha value is -0.526. The Morgan fingerprint density at radius 1 is 1.14 bits per heavy atom. The van der Waals surface area contributed by atoms with E-state index in [4.69, 9.17) is 0 Å². The van der Waals surface area contributed by atoms with Gasteiger partial charge in [0.15, 0.2) is 0 Å². The molecule has 0 bridgehead atoms. The first-order chi connectivity index (χ1) is 6.40. The number of aliphatic imine (C=N–C) groups is 1. The monoisotopic (exact) mass is 256 g/mol. The minimum absolute atomic E-state index is 0. The minimum atomic E-state index is 0. The molecule has 2 aromatic carbocycles. The Kier molecular flexibility index (Phi) is 4.44. The Morgan fingerprint density at radius 2 is 1.93 bits per heavy atom. The van der Waals surface area contributed by atoms with Crippen LogP contribution >= 0.6 is 0 Å². The molecule has 0 spiro atoms. The fraction of sp³-hybridized carbons (Fsp3) is 0.0833. The van der Waals surface area contributed by atoms with Crippen LogP contribution in [-0.2, 0) is 32.7 Å². The molecule has 0 aliphatic rings. The van der Waals surface area contributed by atoms with Crippen molar-refractivity contribution in [3.63, 3.8) is 0 Å². The molecule has 0 aliphatic carbocycles. The zero-order chi connectivity index (χ0) is 9.10. The van der Waals surface area contributed by atoms with Gasteiger partial charge in [0.1, 0.15) is 0 Å². The SMILES string of the molecule is C[C-]=Nc1[c-]c2ccccc2cc1.[Y]. The minimum Gasteiger partial charge on any atom is -0.476 e. The number of hydrogen-bond donors (Lipinski definition) is 0. The fourth-order valence-electron chi connectivity index (χ4n) is 1.29. The Balaban J connectivity index is 0.000000980. The summed E-state index contributed by atoms with van der Waals surface area (Å²) in [5.74, 6) is 0. The van der Waals surface area contributed by atoms with E-state index in [0.29, 0.717) is 0 Å². The predicted molar refractivity (Wildman–Crippen MR) is 55.6 cm³/mol. The third-order valence-electron chi connectivity index (χ3n) is 1.88. The molecule has 67 valence electrons. The third-order valence-corrected chi connectivity index (χ3v) is 1.88. The van der Waals surface area contributed by atoms with E-state index in [9.17, 15) is 0 Å². The van der Waals surface area contributed by atoms with Crippen molar-refractivity contribution in [1.29, 1.82) is 0 Å². The third kappa shape index (κ3) is 2.49. The van der Waals surface area contributed by atoms with Gasteiger partial charge in [0.05, 0.1) is 0 Å². The Bertz CT molecular complexity index is 449. The summed E-state index contributed by atoms with van der Waals surface area (Å²) in [5, 5.41) is 2.29. The fourth-order valence-corrected chi connectivity index (χ4v) is 1.29. The standard InChI is InChI=1S/C12H9N.Y/c1-2-13-12-8-7-10-5-3-4-6-11(10)9-12;/h3-8H,1H3;/q-2;. The molecule has 0 amide bonds. The van der Waals surface area contributed by atoms with E-state index in [0.717, 1.165) is 11.1 Å². The quantitative estimate of drug-likeness (QED) is 0.548. The van der Waals surface area contributed by atoms with E-state index in [1.165, 1.54) is 5.39 Å². The van der Waals surface area contributed by atoms with Gasteiger partial charge in [-0.1, -0.05) is 12.1 Å². The van der Waals surface area contributed by atoms with E-state index in [1.807, 2.05) is 30.3 Å². The molecule has 0 fully saturated rings. The van der Waals surface area contributed by atoms with E-state index in [2.05, 4.69) is 23.3 Å². The topological polar surface area (TPSA) is 12.4 Å². The molecule has 14 heavy (non-hydrogen) atoms. The summed E-state index contributed by atoms with van der Waals surface area (Å²) in [6, 6.07) is 15.3. The van der Waals surface area contributed by atoms with E-state index >= 15 is 0 Å². The normalized spacial score (nSPS) is 10.4. The first-order valence-electron chi connectivity index (χ1n) is 4.19. The van der Waals surface area contributed by atoms with E-state index in [-0.39, 0.29) is 32.7 Å². The molecule has 0 heterocycles. The zero-order valence-electron chi connectivity index (χ0n) is 7.99. The largest absolute Gasteiger partial charge is 0.476 e. The van der Waals surface area contributed by atoms with Crippen LogP contribution in [0.5, 0.6) is 0 Å². The first kappa shape index (κ1) is 11.5. The second-order valence-electron chi connectivity index (χ2n) is 2.77. The van der Waals surface area contributed by atoms with Crippen molar-refractivity contribution in [3.05, 3.63) is 42.5 Å². The van der Waals surface area contributed by atoms with Crippen molar-refractivity contribution < 1.29 is 32.7 Å². The van der Waals surface area contributed by atoms with Gasteiger partial charge in [-0.2, -0.15) is 23.4 Å². The van der Waals surface area contributed by atoms with Gasteiger partial charge >= 0.3 is 0 Å². The first-order valence-corrected chi connectivity index (χ1v) is 4.19. The van der Waals surface area contributed by atoms with Crippen molar-refractivity contribution in [3.8, 4) is 0 Å². The molecule has 0 atom stereocenters. The number of rotatable bonds is 1. The second-order valence-corrected chi connectivity index (χ2v) is 2.77. The van der Waals surface area contributed by atoms with Crippen LogP contribution in [0, 0.1) is 6.07 Å². The second kappa shape index (κ2) is 5.38. The van der Waals surface area contributed by atoms with Crippen molar-refractivity contribution in [2.75, 3.05) is 0 Å². The van der Waals surface area contributed by atoms with Gasteiger partial charge < -0.3 is 4.99 Å². The summed E-state index contributed by atoms with van der Waals surface area (Å²) >= 11 is 0. The van der Waals surface area contributed by atoms with Gasteiger partial charge in [-0.25, -0.2) is 12.1 Å². The Morgan fingerprint density at radius 3 is 2.71 bits per heavy atom. The van der Waals surface area contributed by atoms with Crippen LogP contribution in [0.4, 0.5) is 5.69 Å². The van der Waals surface area contributed by atoms with Crippen LogP contribution in [-0.4, -0.2) is 6.21 Å². The number of fused-ring (bicyclic) bond motifs is 1. The zero-order valence-corrected chi connectivity index (χ0v) is 10.8. The maximum absolute atomic E-state index is 4.05. The van der Waals surface area contributed by atoms with Crippen molar-refractivity contribution in [1.82, 2.24) is 0 Å². The van der Waals surface area contributed by atoms with Crippen LogP contribution in [0.3, 0.4) is 0 Å². The summed E-state index contributed by atoms with van der Waals surface area (Å²) in [4.78, 5) is 4.05. The molecule has 0 aliphatic heterocycles. The van der Waals surface area contributed by atoms with Crippen LogP contribution in [0.2, 0.25) is 0 Å². The Labute approximate surface area is 109 Å². The molecular formula is C12H9NY-2. The number of nitrogens with zero attached hydrogens (tertiary/aromatic N) is 1. The van der Waals surface area contributed by atoms with Crippen molar-refractivity contribution >= 4 is 22.7 Å². The molecule has 0 saturated heterocycles. The van der Waals surface area contributed by atoms with Crippen molar-refractivity contribution in [2.45, 2.75) is 6.92 Å². The summed E-state index contributed by atoms with van der Waals surface area (Å²) in [7, 11) is 0. The molecule has 1 nitrogen and oxygen atoms in total. The molecule has 0 saturated carbocycles. The molecule has 0 N–H and O–H groups in total. The van der Waals surface area contributed by atoms with Gasteiger partial charge in [0.25, 0.3) is 0 Å². The van der Waals surface area contributed by atoms with Gasteiger partial charge in [-0.3, -0.25) is 0 Å². The smallest absolute Gasteiger partial charge is 0 e. The van der Waals surface area contributed by atoms with Crippen LogP contribution in [0.15, 0.2) is 41.4 Å².